The molecule has 3 heterocycles. The number of aliphatic carboxylic acids is 1. The topological polar surface area (TPSA) is 168 Å². The van der Waals surface area contributed by atoms with Crippen LogP contribution < -0.4 is 0 Å². The number of carboxylic acids is 1. The highest BCUT2D eigenvalue weighted by Gasteiger charge is 2.48. The number of carbonyl (C=O) groups is 2. The average Bonchev–Trinajstić information content (AvgIpc) is 3.38. The molecular formula is C32H28F3NO10. The zero-order chi connectivity index (χ0) is 32.9. The van der Waals surface area contributed by atoms with E-state index in [0.717, 1.165) is 18.2 Å². The largest absolute Gasteiger partial charge is 0.507 e. The molecule has 0 bridgehead atoms. The highest BCUT2D eigenvalue weighted by atomic mass is 19.2. The van der Waals surface area contributed by atoms with E-state index in [-0.39, 0.29) is 28.1 Å². The van der Waals surface area contributed by atoms with E-state index < -0.39 is 65.8 Å². The molecule has 11 nitrogen and oxygen atoms in total. The molecule has 3 aromatic carbocycles. The zero-order valence-corrected chi connectivity index (χ0v) is 23.8. The van der Waals surface area contributed by atoms with Crippen molar-refractivity contribution >= 4 is 22.8 Å². The van der Waals surface area contributed by atoms with E-state index in [1.165, 1.54) is 36.4 Å². The first-order valence-electron chi connectivity index (χ1n) is 14.3. The second kappa shape index (κ2) is 12.4. The second-order valence-corrected chi connectivity index (χ2v) is 11.1. The maximum absolute atomic E-state index is 14.7. The highest BCUT2D eigenvalue weighted by Crippen LogP contribution is 2.47. The fraction of sp³-hybridized carbons (Fsp3) is 0.312. The van der Waals surface area contributed by atoms with Crippen LogP contribution in [0.5, 0.6) is 5.75 Å². The summed E-state index contributed by atoms with van der Waals surface area (Å²) in [6, 6.07) is 11.1. The number of hydrogen-bond acceptors (Lipinski definition) is 9. The van der Waals surface area contributed by atoms with Crippen LogP contribution in [-0.2, 0) is 19.0 Å². The Kier molecular flexibility index (Phi) is 8.48. The molecule has 0 spiro atoms. The Balaban J connectivity index is 1.43. The molecule has 0 amide bonds. The van der Waals surface area contributed by atoms with Crippen molar-refractivity contribution in [3.8, 4) is 22.6 Å². The SMILES string of the molecule is O=C(OC1OC(C(=O)O)C(O)C(O)C1O)c1ccc(-c2c(C3CCOCC3)n(-c3ccc(F)c(F)c3)c3cc(F)cc(O)c23)cc1. The molecule has 0 aliphatic carbocycles. The minimum Gasteiger partial charge on any atom is -0.507 e. The molecule has 4 aromatic rings. The molecule has 6 rings (SSSR count). The summed E-state index contributed by atoms with van der Waals surface area (Å²) in [5.74, 6) is -6.27. The van der Waals surface area contributed by atoms with E-state index in [1.807, 2.05) is 0 Å². The first-order valence-corrected chi connectivity index (χ1v) is 14.3. The number of aromatic hydroxyl groups is 1. The van der Waals surface area contributed by atoms with Crippen molar-refractivity contribution in [1.82, 2.24) is 4.57 Å². The number of ether oxygens (including phenoxy) is 3. The van der Waals surface area contributed by atoms with Crippen molar-refractivity contribution in [2.45, 2.75) is 49.5 Å². The molecule has 0 radical (unpaired) electrons. The Labute approximate surface area is 258 Å². The molecule has 2 saturated heterocycles. The number of phenols is 1. The molecule has 5 N–H and O–H groups in total. The van der Waals surface area contributed by atoms with Gasteiger partial charge in [-0.3, -0.25) is 0 Å². The van der Waals surface area contributed by atoms with Gasteiger partial charge in [0.1, 0.15) is 29.9 Å². The lowest BCUT2D eigenvalue weighted by Gasteiger charge is -2.37. The third-order valence-electron chi connectivity index (χ3n) is 8.26. The van der Waals surface area contributed by atoms with Gasteiger partial charge in [0.15, 0.2) is 17.7 Å². The Morgan fingerprint density at radius 1 is 0.870 bits per heavy atom. The van der Waals surface area contributed by atoms with Crippen LogP contribution in [0.2, 0.25) is 0 Å². The Bertz CT molecular complexity index is 1800. The lowest BCUT2D eigenvalue weighted by atomic mass is 9.89. The standard InChI is InChI=1S/C32H28F3NO10/c33-17-11-21-24(22(37)12-17)23(25(15-7-9-44-10-8-15)36(21)18-5-6-19(34)20(35)13-18)14-1-3-16(4-2-14)31(43)46-32-28(40)26(38)27(39)29(45-32)30(41)42/h1-6,11-13,15,26-29,32,37-40H,7-10H2,(H,41,42). The van der Waals surface area contributed by atoms with Crippen molar-refractivity contribution in [2.24, 2.45) is 0 Å². The maximum atomic E-state index is 14.7. The molecule has 242 valence electrons. The molecule has 1 aromatic heterocycles. The lowest BCUT2D eigenvalue weighted by molar-refractivity contribution is -0.278. The average molecular weight is 644 g/mol. The molecule has 2 fully saturated rings. The summed E-state index contributed by atoms with van der Waals surface area (Å²) in [4.78, 5) is 24.4. The maximum Gasteiger partial charge on any atom is 0.340 e. The van der Waals surface area contributed by atoms with Gasteiger partial charge in [-0.15, -0.1) is 0 Å². The summed E-state index contributed by atoms with van der Waals surface area (Å²) in [5, 5.41) is 50.6. The van der Waals surface area contributed by atoms with E-state index in [2.05, 4.69) is 0 Å². The van der Waals surface area contributed by atoms with Crippen molar-refractivity contribution in [2.75, 3.05) is 13.2 Å². The van der Waals surface area contributed by atoms with E-state index >= 15 is 0 Å². The van der Waals surface area contributed by atoms with Crippen LogP contribution in [0.3, 0.4) is 0 Å². The fourth-order valence-electron chi connectivity index (χ4n) is 6.03. The van der Waals surface area contributed by atoms with Gasteiger partial charge in [-0.05, 0) is 48.7 Å². The van der Waals surface area contributed by atoms with E-state index in [1.54, 1.807) is 4.57 Å². The molecule has 46 heavy (non-hydrogen) atoms. The van der Waals surface area contributed by atoms with Crippen molar-refractivity contribution in [1.29, 1.82) is 0 Å². The number of benzene rings is 3. The number of esters is 1. The molecular weight excluding hydrogens is 615 g/mol. The third-order valence-corrected chi connectivity index (χ3v) is 8.26. The van der Waals surface area contributed by atoms with Gasteiger partial charge in [-0.2, -0.15) is 0 Å². The number of aliphatic hydroxyl groups excluding tert-OH is 3. The molecule has 2 aliphatic rings. The highest BCUT2D eigenvalue weighted by molar-refractivity contribution is 6.04. The van der Waals surface area contributed by atoms with Gasteiger partial charge in [-0.1, -0.05) is 12.1 Å². The molecule has 2 aliphatic heterocycles. The summed E-state index contributed by atoms with van der Waals surface area (Å²) in [6.45, 7) is 0.802. The van der Waals surface area contributed by atoms with E-state index in [0.29, 0.717) is 42.9 Å². The first-order chi connectivity index (χ1) is 22.0. The number of aliphatic hydroxyl groups is 3. The summed E-state index contributed by atoms with van der Waals surface area (Å²) in [5.41, 5.74) is 1.81. The van der Waals surface area contributed by atoms with Crippen molar-refractivity contribution in [3.05, 3.63) is 83.3 Å². The monoisotopic (exact) mass is 643 g/mol. The van der Waals surface area contributed by atoms with Gasteiger partial charge < -0.3 is 44.3 Å². The van der Waals surface area contributed by atoms with Gasteiger partial charge in [0.05, 0.1) is 16.5 Å². The summed E-state index contributed by atoms with van der Waals surface area (Å²) >= 11 is 0. The molecule has 14 heteroatoms. The lowest BCUT2D eigenvalue weighted by Crippen LogP contribution is -2.60. The predicted molar refractivity (Wildman–Crippen MR) is 153 cm³/mol. The normalized spacial score (nSPS) is 23.8. The van der Waals surface area contributed by atoms with Gasteiger partial charge in [0.2, 0.25) is 6.29 Å². The number of aromatic nitrogens is 1. The number of fused-ring (bicyclic) bond motifs is 1. The zero-order valence-electron chi connectivity index (χ0n) is 23.8. The van der Waals surface area contributed by atoms with Crippen LogP contribution in [0.4, 0.5) is 13.2 Å². The van der Waals surface area contributed by atoms with Crippen LogP contribution in [0, 0.1) is 17.5 Å². The number of rotatable bonds is 6. The number of hydrogen-bond donors (Lipinski definition) is 5. The van der Waals surface area contributed by atoms with Gasteiger partial charge in [0, 0.05) is 48.2 Å². The second-order valence-electron chi connectivity index (χ2n) is 11.1. The molecule has 0 saturated carbocycles. The quantitative estimate of drug-likeness (QED) is 0.197. The van der Waals surface area contributed by atoms with Gasteiger partial charge in [-0.25, -0.2) is 22.8 Å². The number of carbonyl (C=O) groups excluding carboxylic acids is 1. The van der Waals surface area contributed by atoms with E-state index in [4.69, 9.17) is 14.2 Å². The Morgan fingerprint density at radius 3 is 2.22 bits per heavy atom. The first kappa shape index (κ1) is 31.5. The van der Waals surface area contributed by atoms with E-state index in [9.17, 15) is 48.3 Å². The van der Waals surface area contributed by atoms with Crippen molar-refractivity contribution < 1.29 is 62.5 Å². The summed E-state index contributed by atoms with van der Waals surface area (Å²) < 4.78 is 60.4. The third kappa shape index (κ3) is 5.58. The Morgan fingerprint density at radius 2 is 1.57 bits per heavy atom. The van der Waals surface area contributed by atoms with Gasteiger partial charge >= 0.3 is 11.9 Å². The van der Waals surface area contributed by atoms with Gasteiger partial charge in [0.25, 0.3) is 0 Å². The van der Waals surface area contributed by atoms with Crippen LogP contribution in [0.15, 0.2) is 54.6 Å². The summed E-state index contributed by atoms with van der Waals surface area (Å²) in [6.07, 6.45) is -8.70. The van der Waals surface area contributed by atoms with Crippen molar-refractivity contribution in [3.63, 3.8) is 0 Å². The molecule has 5 atom stereocenters. The minimum absolute atomic E-state index is 0.0701. The van der Waals surface area contributed by atoms with Crippen LogP contribution in [0.25, 0.3) is 27.7 Å². The minimum atomic E-state index is -1.97. The number of carboxylic acid groups (broad SMARTS) is 1. The van der Waals surface area contributed by atoms with Crippen LogP contribution in [0.1, 0.15) is 34.8 Å². The Hall–Kier alpha value is -4.47. The molecule has 5 unspecified atom stereocenters. The summed E-state index contributed by atoms with van der Waals surface area (Å²) in [7, 11) is 0. The number of nitrogens with zero attached hydrogens (tertiary/aromatic N) is 1. The predicted octanol–water partition coefficient (Wildman–Crippen LogP) is 3.36. The number of halogens is 3. The fourth-order valence-corrected chi connectivity index (χ4v) is 6.03. The van der Waals surface area contributed by atoms with Crippen LogP contribution >= 0.6 is 0 Å². The number of phenolic OH excluding ortho intramolecular Hbond substituents is 1. The van der Waals surface area contributed by atoms with Crippen LogP contribution in [-0.4, -0.2) is 86.0 Å². The smallest absolute Gasteiger partial charge is 0.340 e.